The van der Waals surface area contributed by atoms with E-state index in [-0.39, 0.29) is 77.6 Å². The van der Waals surface area contributed by atoms with Crippen LogP contribution in [-0.4, -0.2) is 48.9 Å². The second kappa shape index (κ2) is 35.7. The molecule has 0 aliphatic rings. The Hall–Kier alpha value is -9.99. The molecule has 0 unspecified atom stereocenters. The molecule has 0 bridgehead atoms. The van der Waals surface area contributed by atoms with Crippen LogP contribution in [0.5, 0.6) is 17.2 Å². The number of nitrogens with zero attached hydrogens (tertiary/aromatic N) is 6. The second-order valence-corrected chi connectivity index (χ2v) is 19.4. The molecule has 3 N–H and O–H groups in total. The number of para-hydroxylation sites is 3. The molecule has 3 heterocycles. The Balaban J connectivity index is 0.000000235. The smallest absolute Gasteiger partial charge is 0.124 e. The number of hydrogen-bond acceptors (Lipinski definition) is 9. The Morgan fingerprint density at radius 1 is 0.267 bits per heavy atom. The van der Waals surface area contributed by atoms with Crippen LogP contribution in [0.25, 0.3) is 67.2 Å². The topological polar surface area (TPSA) is 136 Å². The quantitative estimate of drug-likeness (QED) is 0.0823. The Morgan fingerprint density at radius 3 is 0.756 bits per heavy atom. The van der Waals surface area contributed by atoms with Gasteiger partial charge in [0, 0.05) is 114 Å². The molecule has 0 aliphatic heterocycles. The van der Waals surface area contributed by atoms with Crippen LogP contribution >= 0.6 is 0 Å². The number of pyridine rings is 3. The molecular formula is C78H57Ir3N6O3-3. The minimum absolute atomic E-state index is 0. The van der Waals surface area contributed by atoms with Crippen LogP contribution in [0.2, 0.25) is 0 Å². The fourth-order valence-electron chi connectivity index (χ4n) is 8.79. The normalized spacial score (nSPS) is 10.4. The van der Waals surface area contributed by atoms with E-state index in [1.807, 2.05) is 237 Å². The first kappa shape index (κ1) is 67.5. The SMILES string of the molecule is Oc1ccccc1C=Nc1ccc(-c2cc(-c3ccc(N=Cc4ccccc4O)cc3)cc(-c3ccc(N=Cc4ccccc4O)cc3)c2)cc1.[Ir].[Ir].[Ir].[c-]1ccccc1-c1ccccn1.[c-]1ccccc1-c1ccccn1.[c-]1ccccc1-c1ccccn1. The van der Waals surface area contributed by atoms with Gasteiger partial charge in [0.1, 0.15) is 17.2 Å². The monoisotopic (exact) mass is 1700 g/mol. The van der Waals surface area contributed by atoms with Crippen molar-refractivity contribution in [2.45, 2.75) is 0 Å². The maximum Gasteiger partial charge on any atom is 0.124 e. The van der Waals surface area contributed by atoms with Gasteiger partial charge in [-0.2, -0.15) is 0 Å². The Morgan fingerprint density at radius 2 is 0.522 bits per heavy atom. The van der Waals surface area contributed by atoms with Gasteiger partial charge in [0.2, 0.25) is 0 Å². The summed E-state index contributed by atoms with van der Waals surface area (Å²) in [6, 6.07) is 102. The summed E-state index contributed by atoms with van der Waals surface area (Å²) in [5.74, 6) is 0.564. The van der Waals surface area contributed by atoms with Crippen LogP contribution < -0.4 is 0 Å². The van der Waals surface area contributed by atoms with Crippen LogP contribution in [0.15, 0.2) is 325 Å². The van der Waals surface area contributed by atoms with Gasteiger partial charge < -0.3 is 30.3 Å². The molecule has 10 aromatic carbocycles. The molecule has 12 heteroatoms. The zero-order chi connectivity index (χ0) is 59.7. The summed E-state index contributed by atoms with van der Waals surface area (Å²) in [7, 11) is 0. The first-order valence-electron chi connectivity index (χ1n) is 28.0. The maximum atomic E-state index is 10.1. The number of aromatic nitrogens is 3. The van der Waals surface area contributed by atoms with Crippen molar-refractivity contribution in [3.8, 4) is 84.4 Å². The van der Waals surface area contributed by atoms with E-state index in [1.165, 1.54) is 0 Å². The van der Waals surface area contributed by atoms with E-state index < -0.39 is 0 Å². The number of phenolic OH excluding ortho intramolecular Hbond substituents is 3. The molecule has 0 amide bonds. The van der Waals surface area contributed by atoms with Gasteiger partial charge in [0.25, 0.3) is 0 Å². The van der Waals surface area contributed by atoms with Crippen molar-refractivity contribution in [3.63, 3.8) is 0 Å². The summed E-state index contributed by atoms with van der Waals surface area (Å²) < 4.78 is 0. The molecule has 3 radical (unpaired) electrons. The summed E-state index contributed by atoms with van der Waals surface area (Å²) in [6.07, 6.45) is 10.4. The van der Waals surface area contributed by atoms with E-state index in [2.05, 4.69) is 66.3 Å². The largest absolute Gasteiger partial charge is 0.507 e. The van der Waals surface area contributed by atoms with Gasteiger partial charge in [0.05, 0.1) is 17.1 Å². The van der Waals surface area contributed by atoms with Crippen LogP contribution in [-0.2, 0) is 60.3 Å². The predicted molar refractivity (Wildman–Crippen MR) is 354 cm³/mol. The van der Waals surface area contributed by atoms with Crippen LogP contribution in [0, 0.1) is 18.2 Å². The van der Waals surface area contributed by atoms with Gasteiger partial charge in [-0.3, -0.25) is 15.0 Å². The molecule has 0 saturated carbocycles. The molecule has 0 atom stereocenters. The molecule has 0 spiro atoms. The van der Waals surface area contributed by atoms with Crippen molar-refractivity contribution in [3.05, 3.63) is 345 Å². The zero-order valence-electron chi connectivity index (χ0n) is 48.2. The molecule has 447 valence electrons. The van der Waals surface area contributed by atoms with Gasteiger partial charge in [-0.1, -0.05) is 109 Å². The number of benzene rings is 10. The number of aromatic hydroxyl groups is 3. The molecule has 13 rings (SSSR count). The van der Waals surface area contributed by atoms with Gasteiger partial charge in [-0.15, -0.1) is 108 Å². The average Bonchev–Trinajstić information content (AvgIpc) is 1.10. The average molecular weight is 1700 g/mol. The molecule has 0 fully saturated rings. The third-order valence-corrected chi connectivity index (χ3v) is 13.4. The standard InChI is InChI=1S/C45H33N3O3.3C11H8N.3Ir/c49-43-10-4-1-7-34(43)28-46-40-19-13-31(14-20-40)37-25-38(32-15-21-41(22-16-32)47-29-35-8-2-5-11-44(35)50)27-39(26-37)33-17-23-42(24-18-33)48-30-36-9-3-6-12-45(36)51;3*1-2-6-10(7-3-1)11-8-4-5-9-12-11;;;/h1-30,49-51H;3*1-6,8-9H;;;/q;3*-1;;;. The van der Waals surface area contributed by atoms with Gasteiger partial charge in [0.15, 0.2) is 0 Å². The Kier molecular flexibility index (Phi) is 26.8. The second-order valence-electron chi connectivity index (χ2n) is 19.4. The van der Waals surface area contributed by atoms with E-state index >= 15 is 0 Å². The third-order valence-electron chi connectivity index (χ3n) is 13.4. The number of phenols is 3. The minimum atomic E-state index is 0. The molecular weight excluding hydrogens is 1650 g/mol. The molecule has 0 aliphatic carbocycles. The van der Waals surface area contributed by atoms with E-state index in [1.54, 1.807) is 73.6 Å². The first-order valence-corrected chi connectivity index (χ1v) is 28.0. The summed E-state index contributed by atoms with van der Waals surface area (Å²) >= 11 is 0. The van der Waals surface area contributed by atoms with Crippen molar-refractivity contribution in [1.82, 2.24) is 15.0 Å². The van der Waals surface area contributed by atoms with Crippen LogP contribution in [0.4, 0.5) is 17.1 Å². The van der Waals surface area contributed by atoms with Crippen molar-refractivity contribution in [2.75, 3.05) is 0 Å². The first-order chi connectivity index (χ1) is 42.9. The molecule has 3 aromatic heterocycles. The Labute approximate surface area is 565 Å². The zero-order valence-corrected chi connectivity index (χ0v) is 55.4. The molecule has 0 saturated heterocycles. The summed E-state index contributed by atoms with van der Waals surface area (Å²) in [6.45, 7) is 0. The summed E-state index contributed by atoms with van der Waals surface area (Å²) in [5.41, 5.74) is 16.6. The van der Waals surface area contributed by atoms with Crippen LogP contribution in [0.3, 0.4) is 0 Å². The fourth-order valence-corrected chi connectivity index (χ4v) is 8.79. The molecule has 9 nitrogen and oxygen atoms in total. The van der Waals surface area contributed by atoms with Gasteiger partial charge in [-0.05, 0) is 160 Å². The summed E-state index contributed by atoms with van der Waals surface area (Å²) in [5, 5.41) is 30.3. The number of aliphatic imine (C=N–C) groups is 3. The minimum Gasteiger partial charge on any atom is -0.507 e. The number of hydrogen-bond donors (Lipinski definition) is 3. The maximum absolute atomic E-state index is 10.1. The Bertz CT molecular complexity index is 3750. The van der Waals surface area contributed by atoms with E-state index in [0.717, 1.165) is 84.2 Å². The van der Waals surface area contributed by atoms with Gasteiger partial charge >= 0.3 is 0 Å². The van der Waals surface area contributed by atoms with Crippen molar-refractivity contribution < 1.29 is 75.6 Å². The predicted octanol–water partition coefficient (Wildman–Crippen LogP) is 18.7. The fraction of sp³-hybridized carbons (Fsp3) is 0. The van der Waals surface area contributed by atoms with Crippen molar-refractivity contribution in [1.29, 1.82) is 0 Å². The van der Waals surface area contributed by atoms with Crippen LogP contribution in [0.1, 0.15) is 16.7 Å². The van der Waals surface area contributed by atoms with Crippen molar-refractivity contribution >= 4 is 35.7 Å². The van der Waals surface area contributed by atoms with E-state index in [9.17, 15) is 15.3 Å². The molecule has 13 aromatic rings. The van der Waals surface area contributed by atoms with E-state index in [4.69, 9.17) is 0 Å². The number of rotatable bonds is 12. The van der Waals surface area contributed by atoms with Crippen molar-refractivity contribution in [2.24, 2.45) is 15.0 Å². The third kappa shape index (κ3) is 20.0. The van der Waals surface area contributed by atoms with E-state index in [0.29, 0.717) is 16.7 Å². The molecule has 90 heavy (non-hydrogen) atoms. The summed E-state index contributed by atoms with van der Waals surface area (Å²) in [4.78, 5) is 26.3. The van der Waals surface area contributed by atoms with Gasteiger partial charge in [-0.25, -0.2) is 0 Å².